The second-order valence-electron chi connectivity index (χ2n) is 6.24. The number of fused-ring (bicyclic) bond motifs is 3. The van der Waals surface area contributed by atoms with Crippen molar-refractivity contribution >= 4 is 27.5 Å². The van der Waals surface area contributed by atoms with Gasteiger partial charge in [-0.25, -0.2) is 4.98 Å². The van der Waals surface area contributed by atoms with E-state index in [-0.39, 0.29) is 5.56 Å². The van der Waals surface area contributed by atoms with Crippen LogP contribution in [0.3, 0.4) is 0 Å². The van der Waals surface area contributed by atoms with Gasteiger partial charge in [0.25, 0.3) is 5.56 Å². The number of allylic oxidation sites excluding steroid dienone is 1. The fourth-order valence-electron chi connectivity index (χ4n) is 3.35. The van der Waals surface area contributed by atoms with Gasteiger partial charge in [-0.2, -0.15) is 0 Å². The van der Waals surface area contributed by atoms with Crippen molar-refractivity contribution in [3.05, 3.63) is 63.5 Å². The molecule has 0 aromatic carbocycles. The third kappa shape index (κ3) is 2.98. The van der Waals surface area contributed by atoms with Crippen molar-refractivity contribution < 1.29 is 0 Å². The highest BCUT2D eigenvalue weighted by Crippen LogP contribution is 2.34. The molecule has 3 heterocycles. The lowest BCUT2D eigenvalue weighted by atomic mass is 9.97. The molecule has 6 heteroatoms. The number of thiophene rings is 1. The summed E-state index contributed by atoms with van der Waals surface area (Å²) < 4.78 is 1.69. The summed E-state index contributed by atoms with van der Waals surface area (Å²) in [6.45, 7) is 4.84. The Morgan fingerprint density at radius 3 is 2.88 bits per heavy atom. The molecule has 0 spiro atoms. The molecule has 0 fully saturated rings. The fourth-order valence-corrected chi connectivity index (χ4v) is 4.61. The Morgan fingerprint density at radius 1 is 1.28 bits per heavy atom. The Morgan fingerprint density at radius 2 is 2.08 bits per heavy atom. The van der Waals surface area contributed by atoms with Gasteiger partial charge in [-0.3, -0.25) is 14.3 Å². The molecule has 0 aliphatic heterocycles. The van der Waals surface area contributed by atoms with Gasteiger partial charge in [-0.05, 0) is 48.9 Å². The van der Waals surface area contributed by atoms with Crippen LogP contribution in [0, 0.1) is 0 Å². The monoisotopic (exact) mass is 352 g/mol. The highest BCUT2D eigenvalue weighted by molar-refractivity contribution is 7.18. The minimum absolute atomic E-state index is 0.0431. The van der Waals surface area contributed by atoms with Gasteiger partial charge in [0.1, 0.15) is 4.83 Å². The first-order valence-corrected chi connectivity index (χ1v) is 9.38. The quantitative estimate of drug-likeness (QED) is 0.714. The van der Waals surface area contributed by atoms with Gasteiger partial charge < -0.3 is 5.32 Å². The van der Waals surface area contributed by atoms with Crippen molar-refractivity contribution in [2.75, 3.05) is 5.32 Å². The number of hydrogen-bond donors (Lipinski definition) is 1. The maximum atomic E-state index is 13.1. The second kappa shape index (κ2) is 6.80. The summed E-state index contributed by atoms with van der Waals surface area (Å²) in [6.07, 6.45) is 9.68. The van der Waals surface area contributed by atoms with E-state index in [9.17, 15) is 4.79 Å². The number of hydrogen-bond acceptors (Lipinski definition) is 5. The molecule has 1 N–H and O–H groups in total. The van der Waals surface area contributed by atoms with E-state index in [4.69, 9.17) is 4.98 Å². The zero-order valence-electron chi connectivity index (χ0n) is 14.0. The van der Waals surface area contributed by atoms with E-state index in [1.807, 2.05) is 12.1 Å². The summed E-state index contributed by atoms with van der Waals surface area (Å²) in [7, 11) is 0. The molecule has 25 heavy (non-hydrogen) atoms. The average molecular weight is 352 g/mol. The summed E-state index contributed by atoms with van der Waals surface area (Å²) >= 11 is 1.68. The van der Waals surface area contributed by atoms with E-state index in [1.165, 1.54) is 16.9 Å². The maximum absolute atomic E-state index is 13.1. The number of nitrogens with zero attached hydrogens (tertiary/aromatic N) is 3. The maximum Gasteiger partial charge on any atom is 0.264 e. The summed E-state index contributed by atoms with van der Waals surface area (Å²) in [6, 6.07) is 3.90. The molecule has 3 aromatic heterocycles. The number of pyridine rings is 1. The molecule has 0 atom stereocenters. The summed E-state index contributed by atoms with van der Waals surface area (Å²) in [5.41, 5.74) is 2.36. The third-order valence-electron chi connectivity index (χ3n) is 4.59. The van der Waals surface area contributed by atoms with Crippen molar-refractivity contribution in [2.45, 2.75) is 38.8 Å². The lowest BCUT2D eigenvalue weighted by molar-refractivity contribution is 0.698. The third-order valence-corrected chi connectivity index (χ3v) is 5.77. The molecular formula is C19H20N4OS. The first-order valence-electron chi connectivity index (χ1n) is 8.56. The van der Waals surface area contributed by atoms with E-state index < -0.39 is 0 Å². The molecule has 0 radical (unpaired) electrons. The number of rotatable bonds is 5. The van der Waals surface area contributed by atoms with E-state index in [1.54, 1.807) is 34.4 Å². The molecular weight excluding hydrogens is 332 g/mol. The van der Waals surface area contributed by atoms with E-state index in [2.05, 4.69) is 16.9 Å². The first kappa shape index (κ1) is 16.0. The van der Waals surface area contributed by atoms with Gasteiger partial charge in [0, 0.05) is 30.4 Å². The summed E-state index contributed by atoms with van der Waals surface area (Å²) in [5.74, 6) is 0.604. The SMILES string of the molecule is C=CCn1c(NCc2ccncc2)nc2sc3c(c2c1=O)CCCC3. The molecule has 0 saturated heterocycles. The molecule has 5 nitrogen and oxygen atoms in total. The molecule has 0 unspecified atom stereocenters. The highest BCUT2D eigenvalue weighted by Gasteiger charge is 2.21. The van der Waals surface area contributed by atoms with Crippen LogP contribution in [-0.4, -0.2) is 14.5 Å². The topological polar surface area (TPSA) is 59.8 Å². The largest absolute Gasteiger partial charge is 0.351 e. The Kier molecular flexibility index (Phi) is 4.36. The molecule has 1 aliphatic carbocycles. The number of aromatic nitrogens is 3. The smallest absolute Gasteiger partial charge is 0.264 e. The van der Waals surface area contributed by atoms with Crippen LogP contribution in [-0.2, 0) is 25.9 Å². The summed E-state index contributed by atoms with van der Waals surface area (Å²) in [4.78, 5) is 24.1. The van der Waals surface area contributed by atoms with Gasteiger partial charge in [0.2, 0.25) is 5.95 Å². The van der Waals surface area contributed by atoms with Crippen LogP contribution < -0.4 is 10.9 Å². The standard InChI is InChI=1S/C19H20N4OS/c1-2-11-23-18(24)16-14-5-3-4-6-15(14)25-17(16)22-19(23)21-12-13-7-9-20-10-8-13/h2,7-10H,1,3-6,11-12H2,(H,21,22). The van der Waals surface area contributed by atoms with E-state index in [0.717, 1.165) is 35.0 Å². The second-order valence-corrected chi connectivity index (χ2v) is 7.32. The van der Waals surface area contributed by atoms with E-state index >= 15 is 0 Å². The Bertz CT molecular complexity index is 974. The zero-order valence-corrected chi connectivity index (χ0v) is 14.8. The highest BCUT2D eigenvalue weighted by atomic mass is 32.1. The fraction of sp³-hybridized carbons (Fsp3) is 0.316. The van der Waals surface area contributed by atoms with Gasteiger partial charge >= 0.3 is 0 Å². The molecule has 3 aromatic rings. The minimum Gasteiger partial charge on any atom is -0.351 e. The molecule has 0 saturated carbocycles. The lowest BCUT2D eigenvalue weighted by Crippen LogP contribution is -2.25. The molecule has 1 aliphatic rings. The number of aryl methyl sites for hydroxylation is 2. The van der Waals surface area contributed by atoms with Crippen LogP contribution in [0.15, 0.2) is 42.0 Å². The van der Waals surface area contributed by atoms with Crippen molar-refractivity contribution in [2.24, 2.45) is 0 Å². The van der Waals surface area contributed by atoms with Crippen molar-refractivity contribution in [3.63, 3.8) is 0 Å². The van der Waals surface area contributed by atoms with Crippen molar-refractivity contribution in [1.29, 1.82) is 0 Å². The van der Waals surface area contributed by atoms with Gasteiger partial charge in [-0.15, -0.1) is 17.9 Å². The van der Waals surface area contributed by atoms with Gasteiger partial charge in [0.15, 0.2) is 0 Å². The van der Waals surface area contributed by atoms with Crippen LogP contribution in [0.4, 0.5) is 5.95 Å². The first-order chi connectivity index (χ1) is 12.3. The molecule has 0 amide bonds. The van der Waals surface area contributed by atoms with Gasteiger partial charge in [-0.1, -0.05) is 6.08 Å². The van der Waals surface area contributed by atoms with Crippen LogP contribution in [0.1, 0.15) is 28.8 Å². The molecule has 128 valence electrons. The molecule has 4 rings (SSSR count). The Hall–Kier alpha value is -2.47. The average Bonchev–Trinajstić information content (AvgIpc) is 3.02. The predicted molar refractivity (Wildman–Crippen MR) is 102 cm³/mol. The van der Waals surface area contributed by atoms with Crippen LogP contribution in [0.5, 0.6) is 0 Å². The van der Waals surface area contributed by atoms with Crippen LogP contribution in [0.25, 0.3) is 10.2 Å². The van der Waals surface area contributed by atoms with Gasteiger partial charge in [0.05, 0.1) is 5.39 Å². The van der Waals surface area contributed by atoms with Crippen molar-refractivity contribution in [3.8, 4) is 0 Å². The number of nitrogens with one attached hydrogen (secondary N) is 1. The molecule has 0 bridgehead atoms. The van der Waals surface area contributed by atoms with Crippen LogP contribution in [0.2, 0.25) is 0 Å². The van der Waals surface area contributed by atoms with Crippen molar-refractivity contribution in [1.82, 2.24) is 14.5 Å². The van der Waals surface area contributed by atoms with E-state index in [0.29, 0.717) is 19.0 Å². The predicted octanol–water partition coefficient (Wildman–Crippen LogP) is 3.53. The normalized spacial score (nSPS) is 13.6. The lowest BCUT2D eigenvalue weighted by Gasteiger charge is -2.13. The minimum atomic E-state index is 0.0431. The number of anilines is 1. The summed E-state index contributed by atoms with van der Waals surface area (Å²) in [5, 5.41) is 4.13. The van der Waals surface area contributed by atoms with Crippen LogP contribution >= 0.6 is 11.3 Å². The Labute approximate surface area is 150 Å². The zero-order chi connectivity index (χ0) is 17.2. The Balaban J connectivity index is 1.78.